The molecule has 0 spiro atoms. The van der Waals surface area contributed by atoms with E-state index in [-0.39, 0.29) is 18.3 Å². The molecule has 0 atom stereocenters. The minimum atomic E-state index is -0.428. The Hall–Kier alpha value is -1.60. The summed E-state index contributed by atoms with van der Waals surface area (Å²) in [6.07, 6.45) is 0. The van der Waals surface area contributed by atoms with Crippen molar-refractivity contribution in [3.05, 3.63) is 40.1 Å². The summed E-state index contributed by atoms with van der Waals surface area (Å²) in [6, 6.07) is 4.23. The van der Waals surface area contributed by atoms with Crippen molar-refractivity contribution in [3.63, 3.8) is 0 Å². The van der Waals surface area contributed by atoms with Crippen LogP contribution in [-0.2, 0) is 6.61 Å². The largest absolute Gasteiger partial charge is 0.392 e. The number of rotatable bonds is 4. The molecule has 0 aliphatic heterocycles. The maximum atomic E-state index is 13.4. The van der Waals surface area contributed by atoms with Crippen LogP contribution in [-0.4, -0.2) is 19.9 Å². The van der Waals surface area contributed by atoms with Gasteiger partial charge in [-0.3, -0.25) is 4.57 Å². The standard InChI is InChI=1S/C12H14FN3O2S/c1-7(2)16-11(18)14-15-12(16)19-10-4-8(6-17)3-9(13)5-10/h3-5,7,17H,6H2,1-2H3,(H,14,18). The number of H-pyrrole nitrogens is 1. The van der Waals surface area contributed by atoms with Gasteiger partial charge in [0.05, 0.1) is 6.61 Å². The van der Waals surface area contributed by atoms with Crippen LogP contribution in [0.2, 0.25) is 0 Å². The molecule has 0 saturated carbocycles. The number of halogens is 1. The fraction of sp³-hybridized carbons (Fsp3) is 0.333. The zero-order chi connectivity index (χ0) is 14.0. The van der Waals surface area contributed by atoms with Crippen molar-refractivity contribution in [2.24, 2.45) is 0 Å². The van der Waals surface area contributed by atoms with Gasteiger partial charge < -0.3 is 5.11 Å². The van der Waals surface area contributed by atoms with Crippen LogP contribution in [0.1, 0.15) is 25.5 Å². The van der Waals surface area contributed by atoms with Gasteiger partial charge in [-0.15, -0.1) is 5.10 Å². The SMILES string of the molecule is CC(C)n1c(Sc2cc(F)cc(CO)c2)n[nH]c1=O. The van der Waals surface area contributed by atoms with Gasteiger partial charge in [0.2, 0.25) is 0 Å². The van der Waals surface area contributed by atoms with E-state index >= 15 is 0 Å². The normalized spacial score (nSPS) is 11.2. The molecule has 0 radical (unpaired) electrons. The topological polar surface area (TPSA) is 70.9 Å². The van der Waals surface area contributed by atoms with E-state index in [1.54, 1.807) is 6.07 Å². The second kappa shape index (κ2) is 5.58. The summed E-state index contributed by atoms with van der Waals surface area (Å²) in [7, 11) is 0. The third kappa shape index (κ3) is 3.05. The second-order valence-electron chi connectivity index (χ2n) is 4.33. The van der Waals surface area contributed by atoms with Gasteiger partial charge in [0.25, 0.3) is 0 Å². The van der Waals surface area contributed by atoms with Gasteiger partial charge in [-0.2, -0.15) is 0 Å². The lowest BCUT2D eigenvalue weighted by atomic mass is 10.2. The summed E-state index contributed by atoms with van der Waals surface area (Å²) in [4.78, 5) is 12.2. The molecule has 1 aromatic carbocycles. The first-order valence-corrected chi connectivity index (χ1v) is 6.58. The van der Waals surface area contributed by atoms with Gasteiger partial charge >= 0.3 is 5.69 Å². The molecule has 19 heavy (non-hydrogen) atoms. The molecule has 0 saturated heterocycles. The number of hydrogen-bond acceptors (Lipinski definition) is 4. The number of aromatic nitrogens is 3. The van der Waals surface area contributed by atoms with Crippen LogP contribution in [0.4, 0.5) is 4.39 Å². The number of aliphatic hydroxyl groups is 1. The number of aliphatic hydroxyl groups excluding tert-OH is 1. The smallest absolute Gasteiger partial charge is 0.344 e. The molecular formula is C12H14FN3O2S. The molecule has 0 amide bonds. The van der Waals surface area contributed by atoms with E-state index in [0.717, 1.165) is 0 Å². The molecule has 1 aromatic heterocycles. The molecular weight excluding hydrogens is 269 g/mol. The molecule has 0 aliphatic rings. The first-order valence-electron chi connectivity index (χ1n) is 5.76. The maximum absolute atomic E-state index is 13.4. The Kier molecular flexibility index (Phi) is 4.06. The zero-order valence-corrected chi connectivity index (χ0v) is 11.4. The highest BCUT2D eigenvalue weighted by Gasteiger charge is 2.13. The van der Waals surface area contributed by atoms with E-state index in [9.17, 15) is 9.18 Å². The summed E-state index contributed by atoms with van der Waals surface area (Å²) in [6.45, 7) is 3.50. The van der Waals surface area contributed by atoms with Crippen LogP contribution in [0.15, 0.2) is 33.0 Å². The Morgan fingerprint density at radius 2 is 2.21 bits per heavy atom. The van der Waals surface area contributed by atoms with Gasteiger partial charge in [0.15, 0.2) is 5.16 Å². The average molecular weight is 283 g/mol. The Labute approximate surface area is 113 Å². The van der Waals surface area contributed by atoms with Crippen LogP contribution in [0.5, 0.6) is 0 Å². The van der Waals surface area contributed by atoms with Crippen molar-refractivity contribution >= 4 is 11.8 Å². The number of benzene rings is 1. The van der Waals surface area contributed by atoms with E-state index in [1.807, 2.05) is 13.8 Å². The molecule has 2 N–H and O–H groups in total. The number of nitrogens with one attached hydrogen (secondary N) is 1. The van der Waals surface area contributed by atoms with Crippen LogP contribution in [0.25, 0.3) is 0 Å². The first-order chi connectivity index (χ1) is 9.01. The van der Waals surface area contributed by atoms with Crippen molar-refractivity contribution in [2.75, 3.05) is 0 Å². The highest BCUT2D eigenvalue weighted by molar-refractivity contribution is 7.99. The minimum Gasteiger partial charge on any atom is -0.392 e. The molecule has 2 aromatic rings. The van der Waals surface area contributed by atoms with Crippen LogP contribution >= 0.6 is 11.8 Å². The van der Waals surface area contributed by atoms with Crippen molar-refractivity contribution in [2.45, 2.75) is 36.5 Å². The van der Waals surface area contributed by atoms with Gasteiger partial charge in [0.1, 0.15) is 5.82 Å². The van der Waals surface area contributed by atoms with Crippen LogP contribution < -0.4 is 5.69 Å². The molecule has 0 bridgehead atoms. The Balaban J connectivity index is 2.36. The zero-order valence-electron chi connectivity index (χ0n) is 10.6. The van der Waals surface area contributed by atoms with Crippen molar-refractivity contribution in [1.82, 2.24) is 14.8 Å². The molecule has 0 unspecified atom stereocenters. The molecule has 5 nitrogen and oxygen atoms in total. The van der Waals surface area contributed by atoms with Crippen LogP contribution in [0.3, 0.4) is 0 Å². The lowest BCUT2D eigenvalue weighted by Gasteiger charge is -2.09. The quantitative estimate of drug-likeness (QED) is 0.899. The Morgan fingerprint density at radius 1 is 1.47 bits per heavy atom. The summed E-state index contributed by atoms with van der Waals surface area (Å²) in [5, 5.41) is 15.8. The molecule has 7 heteroatoms. The van der Waals surface area contributed by atoms with E-state index in [4.69, 9.17) is 5.11 Å². The summed E-state index contributed by atoms with van der Waals surface area (Å²) in [5.74, 6) is -0.428. The summed E-state index contributed by atoms with van der Waals surface area (Å²) < 4.78 is 14.9. The lowest BCUT2D eigenvalue weighted by Crippen LogP contribution is -2.19. The number of aromatic amines is 1. The minimum absolute atomic E-state index is 0.0420. The second-order valence-corrected chi connectivity index (χ2v) is 5.37. The van der Waals surface area contributed by atoms with E-state index in [0.29, 0.717) is 15.6 Å². The van der Waals surface area contributed by atoms with E-state index in [1.165, 1.54) is 28.5 Å². The van der Waals surface area contributed by atoms with Crippen molar-refractivity contribution in [3.8, 4) is 0 Å². The van der Waals surface area contributed by atoms with E-state index in [2.05, 4.69) is 10.2 Å². The summed E-state index contributed by atoms with van der Waals surface area (Å²) in [5.41, 5.74) is 0.188. The maximum Gasteiger partial charge on any atom is 0.344 e. The third-order valence-electron chi connectivity index (χ3n) is 2.51. The predicted octanol–water partition coefficient (Wildman–Crippen LogP) is 1.93. The molecule has 2 rings (SSSR count). The fourth-order valence-corrected chi connectivity index (χ4v) is 2.77. The monoisotopic (exact) mass is 283 g/mol. The Morgan fingerprint density at radius 3 is 2.84 bits per heavy atom. The highest BCUT2D eigenvalue weighted by Crippen LogP contribution is 2.28. The molecule has 1 heterocycles. The average Bonchev–Trinajstić information content (AvgIpc) is 2.69. The molecule has 0 aliphatic carbocycles. The van der Waals surface area contributed by atoms with Gasteiger partial charge in [-0.1, -0.05) is 0 Å². The summed E-state index contributed by atoms with van der Waals surface area (Å²) >= 11 is 1.18. The van der Waals surface area contributed by atoms with Gasteiger partial charge in [0, 0.05) is 10.9 Å². The number of nitrogens with zero attached hydrogens (tertiary/aromatic N) is 2. The predicted molar refractivity (Wildman–Crippen MR) is 69.7 cm³/mol. The number of hydrogen-bond donors (Lipinski definition) is 2. The van der Waals surface area contributed by atoms with Gasteiger partial charge in [-0.05, 0) is 49.4 Å². The molecule has 0 fully saturated rings. The lowest BCUT2D eigenvalue weighted by molar-refractivity contribution is 0.281. The highest BCUT2D eigenvalue weighted by atomic mass is 32.2. The third-order valence-corrected chi connectivity index (χ3v) is 3.45. The van der Waals surface area contributed by atoms with Gasteiger partial charge in [-0.25, -0.2) is 14.3 Å². The van der Waals surface area contributed by atoms with Crippen LogP contribution in [0, 0.1) is 5.82 Å². The van der Waals surface area contributed by atoms with Crippen molar-refractivity contribution in [1.29, 1.82) is 0 Å². The first kappa shape index (κ1) is 13.8. The molecule has 102 valence electrons. The Bertz CT molecular complexity index is 636. The fourth-order valence-electron chi connectivity index (χ4n) is 1.69. The van der Waals surface area contributed by atoms with E-state index < -0.39 is 5.82 Å². The van der Waals surface area contributed by atoms with Crippen molar-refractivity contribution < 1.29 is 9.50 Å².